The number of rotatable bonds is 1. The quantitative estimate of drug-likeness (QED) is 0.704. The Bertz CT molecular complexity index is 274. The summed E-state index contributed by atoms with van der Waals surface area (Å²) in [5, 5.41) is 4.34. The van der Waals surface area contributed by atoms with Crippen LogP contribution in [0, 0.1) is 0 Å². The molecule has 1 unspecified atom stereocenters. The third kappa shape index (κ3) is 1.59. The van der Waals surface area contributed by atoms with Crippen molar-refractivity contribution in [3.05, 3.63) is 28.5 Å². The minimum atomic E-state index is 0.396. The Hall–Kier alpha value is -0.600. The number of nitrogens with two attached hydrogens (primary N) is 1. The van der Waals surface area contributed by atoms with E-state index in [1.807, 2.05) is 0 Å². The van der Waals surface area contributed by atoms with Gasteiger partial charge < -0.3 is 5.73 Å². The van der Waals surface area contributed by atoms with Crippen LogP contribution in [0.3, 0.4) is 0 Å². The summed E-state index contributed by atoms with van der Waals surface area (Å²) in [4.78, 5) is 0. The molecular weight excluding hydrogens is 166 g/mol. The van der Waals surface area contributed by atoms with Crippen molar-refractivity contribution in [2.45, 2.75) is 25.3 Å². The van der Waals surface area contributed by atoms with Crippen molar-refractivity contribution in [1.82, 2.24) is 0 Å². The largest absolute Gasteiger partial charge is 0.327 e. The fourth-order valence-corrected chi connectivity index (χ4v) is 2.24. The number of hydrogen-bond acceptors (Lipinski definition) is 2. The highest BCUT2D eigenvalue weighted by Crippen LogP contribution is 2.27. The van der Waals surface area contributed by atoms with Gasteiger partial charge in [-0.25, -0.2) is 0 Å². The summed E-state index contributed by atoms with van der Waals surface area (Å²) in [5.41, 5.74) is 8.69. The van der Waals surface area contributed by atoms with Crippen molar-refractivity contribution in [2.75, 3.05) is 0 Å². The topological polar surface area (TPSA) is 26.0 Å². The predicted molar refractivity (Wildman–Crippen MR) is 54.1 cm³/mol. The van der Waals surface area contributed by atoms with Gasteiger partial charge >= 0.3 is 0 Å². The molecule has 2 heteroatoms. The maximum atomic E-state index is 5.81. The van der Waals surface area contributed by atoms with Crippen LogP contribution in [0.1, 0.15) is 24.8 Å². The summed E-state index contributed by atoms with van der Waals surface area (Å²) in [6.45, 7) is 0. The van der Waals surface area contributed by atoms with E-state index in [0.29, 0.717) is 6.04 Å². The first kappa shape index (κ1) is 8.02. The molecule has 1 atom stereocenters. The molecule has 0 saturated heterocycles. The molecule has 1 aliphatic rings. The third-order valence-corrected chi connectivity index (χ3v) is 3.03. The zero-order valence-corrected chi connectivity index (χ0v) is 7.81. The Morgan fingerprint density at radius 1 is 1.50 bits per heavy atom. The van der Waals surface area contributed by atoms with Crippen LogP contribution in [0.25, 0.3) is 5.57 Å². The van der Waals surface area contributed by atoms with Crippen LogP contribution in [0.15, 0.2) is 22.9 Å². The molecular formula is C10H13NS. The van der Waals surface area contributed by atoms with E-state index in [0.717, 1.165) is 19.3 Å². The molecule has 2 rings (SSSR count). The zero-order valence-electron chi connectivity index (χ0n) is 6.99. The Kier molecular flexibility index (Phi) is 2.28. The minimum Gasteiger partial charge on any atom is -0.327 e. The summed E-state index contributed by atoms with van der Waals surface area (Å²) in [6.07, 6.45) is 5.63. The van der Waals surface area contributed by atoms with Crippen LogP contribution in [-0.2, 0) is 0 Å². The summed E-state index contributed by atoms with van der Waals surface area (Å²) in [7, 11) is 0. The lowest BCUT2D eigenvalue weighted by molar-refractivity contribution is 0.614. The predicted octanol–water partition coefficient (Wildman–Crippen LogP) is 2.64. The molecule has 0 spiro atoms. The normalized spacial score (nSPS) is 23.8. The van der Waals surface area contributed by atoms with Gasteiger partial charge in [-0.3, -0.25) is 0 Å². The lowest BCUT2D eigenvalue weighted by atomic mass is 9.93. The summed E-state index contributed by atoms with van der Waals surface area (Å²) in [6, 6.07) is 2.58. The standard InChI is InChI=1S/C10H13NS/c11-10-3-1-8(2-4-10)9-5-6-12-7-9/h1,5-7,10H,2-4,11H2. The van der Waals surface area contributed by atoms with Gasteiger partial charge in [0, 0.05) is 6.04 Å². The van der Waals surface area contributed by atoms with Crippen LogP contribution in [-0.4, -0.2) is 6.04 Å². The van der Waals surface area contributed by atoms with E-state index in [-0.39, 0.29) is 0 Å². The van der Waals surface area contributed by atoms with E-state index in [2.05, 4.69) is 22.9 Å². The third-order valence-electron chi connectivity index (χ3n) is 2.34. The highest BCUT2D eigenvalue weighted by molar-refractivity contribution is 7.08. The SMILES string of the molecule is NC1CC=C(c2ccsc2)CC1. The van der Waals surface area contributed by atoms with E-state index in [1.165, 1.54) is 11.1 Å². The molecule has 0 aromatic carbocycles. The smallest absolute Gasteiger partial charge is 0.00767 e. The van der Waals surface area contributed by atoms with Crippen molar-refractivity contribution in [1.29, 1.82) is 0 Å². The van der Waals surface area contributed by atoms with Crippen LogP contribution in [0.5, 0.6) is 0 Å². The van der Waals surface area contributed by atoms with Crippen molar-refractivity contribution in [3.63, 3.8) is 0 Å². The molecule has 2 N–H and O–H groups in total. The van der Waals surface area contributed by atoms with E-state index in [9.17, 15) is 0 Å². The minimum absolute atomic E-state index is 0.396. The van der Waals surface area contributed by atoms with Gasteiger partial charge in [0.2, 0.25) is 0 Å². The first-order valence-corrected chi connectivity index (χ1v) is 5.28. The first-order chi connectivity index (χ1) is 5.86. The molecule has 1 aromatic rings. The summed E-state index contributed by atoms with van der Waals surface area (Å²) in [5.74, 6) is 0. The molecule has 0 aliphatic heterocycles. The Balaban J connectivity index is 2.16. The molecule has 64 valence electrons. The lowest BCUT2D eigenvalue weighted by Gasteiger charge is -2.17. The highest BCUT2D eigenvalue weighted by Gasteiger charge is 2.11. The molecule has 0 amide bonds. The van der Waals surface area contributed by atoms with E-state index < -0.39 is 0 Å². The Morgan fingerprint density at radius 3 is 3.00 bits per heavy atom. The monoisotopic (exact) mass is 179 g/mol. The van der Waals surface area contributed by atoms with E-state index in [4.69, 9.17) is 5.73 Å². The molecule has 0 saturated carbocycles. The van der Waals surface area contributed by atoms with Gasteiger partial charge in [-0.05, 0) is 47.2 Å². The van der Waals surface area contributed by atoms with Crippen LogP contribution in [0.2, 0.25) is 0 Å². The van der Waals surface area contributed by atoms with Gasteiger partial charge in [0.1, 0.15) is 0 Å². The van der Waals surface area contributed by atoms with Crippen molar-refractivity contribution in [3.8, 4) is 0 Å². The number of allylic oxidation sites excluding steroid dienone is 1. The van der Waals surface area contributed by atoms with E-state index in [1.54, 1.807) is 11.3 Å². The molecule has 1 heterocycles. The van der Waals surface area contributed by atoms with Gasteiger partial charge in [0.15, 0.2) is 0 Å². The molecule has 1 aromatic heterocycles. The Labute approximate surface area is 76.9 Å². The molecule has 0 radical (unpaired) electrons. The second kappa shape index (κ2) is 3.42. The zero-order chi connectivity index (χ0) is 8.39. The van der Waals surface area contributed by atoms with Crippen molar-refractivity contribution >= 4 is 16.9 Å². The lowest BCUT2D eigenvalue weighted by Crippen LogP contribution is -2.21. The fourth-order valence-electron chi connectivity index (χ4n) is 1.56. The van der Waals surface area contributed by atoms with Crippen LogP contribution in [0.4, 0.5) is 0 Å². The summed E-state index contributed by atoms with van der Waals surface area (Å²) >= 11 is 1.76. The number of hydrogen-bond donors (Lipinski definition) is 1. The average molecular weight is 179 g/mol. The second-order valence-electron chi connectivity index (χ2n) is 3.28. The van der Waals surface area contributed by atoms with Crippen molar-refractivity contribution < 1.29 is 0 Å². The molecule has 0 bridgehead atoms. The van der Waals surface area contributed by atoms with Crippen LogP contribution >= 0.6 is 11.3 Å². The molecule has 12 heavy (non-hydrogen) atoms. The second-order valence-corrected chi connectivity index (χ2v) is 4.06. The van der Waals surface area contributed by atoms with Gasteiger partial charge in [-0.15, -0.1) is 0 Å². The molecule has 1 nitrogen and oxygen atoms in total. The Morgan fingerprint density at radius 2 is 2.42 bits per heavy atom. The molecule has 1 aliphatic carbocycles. The van der Waals surface area contributed by atoms with Gasteiger partial charge in [0.25, 0.3) is 0 Å². The van der Waals surface area contributed by atoms with Gasteiger partial charge in [0.05, 0.1) is 0 Å². The first-order valence-electron chi connectivity index (χ1n) is 4.33. The van der Waals surface area contributed by atoms with Crippen LogP contribution < -0.4 is 5.73 Å². The van der Waals surface area contributed by atoms with E-state index >= 15 is 0 Å². The van der Waals surface area contributed by atoms with Crippen molar-refractivity contribution in [2.24, 2.45) is 5.73 Å². The maximum Gasteiger partial charge on any atom is 0.00767 e. The summed E-state index contributed by atoms with van der Waals surface area (Å²) < 4.78 is 0. The van der Waals surface area contributed by atoms with Gasteiger partial charge in [-0.1, -0.05) is 6.08 Å². The van der Waals surface area contributed by atoms with Gasteiger partial charge in [-0.2, -0.15) is 11.3 Å². The fraction of sp³-hybridized carbons (Fsp3) is 0.400. The number of thiophene rings is 1. The maximum absolute atomic E-state index is 5.81. The molecule has 0 fully saturated rings. The highest BCUT2D eigenvalue weighted by atomic mass is 32.1. The average Bonchev–Trinajstić information content (AvgIpc) is 2.58.